The van der Waals surface area contributed by atoms with Crippen molar-refractivity contribution in [1.29, 1.82) is 0 Å². The molecule has 4 rings (SSSR count). The topological polar surface area (TPSA) is 105 Å². The van der Waals surface area contributed by atoms with Crippen LogP contribution in [0.1, 0.15) is 18.4 Å². The fourth-order valence-corrected chi connectivity index (χ4v) is 2.86. The van der Waals surface area contributed by atoms with Gasteiger partial charge in [0.1, 0.15) is 17.2 Å². The molecule has 0 saturated carbocycles. The Labute approximate surface area is 164 Å². The highest BCUT2D eigenvalue weighted by atomic mass is 19.1. The van der Waals surface area contributed by atoms with E-state index in [1.807, 2.05) is 0 Å². The third-order valence-corrected chi connectivity index (χ3v) is 4.44. The predicted molar refractivity (Wildman–Crippen MR) is 103 cm³/mol. The summed E-state index contributed by atoms with van der Waals surface area (Å²) in [4.78, 5) is 21.8. The lowest BCUT2D eigenvalue weighted by Gasteiger charge is -2.17. The summed E-state index contributed by atoms with van der Waals surface area (Å²) in [7, 11) is 1.58. The van der Waals surface area contributed by atoms with E-state index < -0.39 is 0 Å². The van der Waals surface area contributed by atoms with Crippen molar-refractivity contribution in [2.75, 3.05) is 11.9 Å². The first-order valence-corrected chi connectivity index (χ1v) is 8.73. The lowest BCUT2D eigenvalue weighted by Crippen LogP contribution is -2.24. The van der Waals surface area contributed by atoms with Crippen molar-refractivity contribution in [1.82, 2.24) is 20.2 Å². The molecule has 3 heterocycles. The van der Waals surface area contributed by atoms with Gasteiger partial charge in [-0.3, -0.25) is 14.7 Å². The van der Waals surface area contributed by atoms with Gasteiger partial charge in [0.2, 0.25) is 11.8 Å². The van der Waals surface area contributed by atoms with E-state index in [1.54, 1.807) is 31.3 Å². The average molecular weight is 393 g/mol. The lowest BCUT2D eigenvalue weighted by molar-refractivity contribution is -0.116. The van der Waals surface area contributed by atoms with Gasteiger partial charge in [0.25, 0.3) is 5.89 Å². The summed E-state index contributed by atoms with van der Waals surface area (Å²) >= 11 is 0. The molecule has 3 aromatic heterocycles. The lowest BCUT2D eigenvalue weighted by atomic mass is 10.1. The van der Waals surface area contributed by atoms with Crippen LogP contribution in [0.2, 0.25) is 0 Å². The molecule has 0 saturated heterocycles. The van der Waals surface area contributed by atoms with Gasteiger partial charge in [-0.25, -0.2) is 9.37 Å². The molecule has 0 spiro atoms. The third kappa shape index (κ3) is 3.49. The van der Waals surface area contributed by atoms with E-state index in [0.29, 0.717) is 17.6 Å². The largest absolute Gasteiger partial charge is 0.504 e. The molecule has 0 aliphatic rings. The predicted octanol–water partition coefficient (Wildman–Crippen LogP) is 3.10. The van der Waals surface area contributed by atoms with Gasteiger partial charge in [0, 0.05) is 25.6 Å². The number of carbonyl (C=O) groups excluding carboxylic acids is 1. The number of halogens is 1. The number of aromatic nitrogens is 4. The van der Waals surface area contributed by atoms with Crippen molar-refractivity contribution in [2.24, 2.45) is 0 Å². The van der Waals surface area contributed by atoms with E-state index in [4.69, 9.17) is 4.42 Å². The zero-order valence-corrected chi connectivity index (χ0v) is 15.6. The Bertz CT molecular complexity index is 1210. The second kappa shape index (κ2) is 7.27. The van der Waals surface area contributed by atoms with Crippen LogP contribution in [0.25, 0.3) is 22.5 Å². The average Bonchev–Trinajstić information content (AvgIpc) is 3.18. The van der Waals surface area contributed by atoms with Gasteiger partial charge in [-0.2, -0.15) is 0 Å². The molecule has 0 aliphatic heterocycles. The molecule has 4 aromatic rings. The Kier molecular flexibility index (Phi) is 4.63. The first kappa shape index (κ1) is 18.5. The zero-order valence-electron chi connectivity index (χ0n) is 15.6. The van der Waals surface area contributed by atoms with Crippen LogP contribution >= 0.6 is 0 Å². The van der Waals surface area contributed by atoms with Crippen molar-refractivity contribution in [3.05, 3.63) is 59.9 Å². The zero-order chi connectivity index (χ0) is 20.5. The molecule has 1 aromatic carbocycles. The van der Waals surface area contributed by atoms with Crippen LogP contribution in [-0.2, 0) is 11.2 Å². The maximum atomic E-state index is 13.1. The molecule has 8 nitrogen and oxygen atoms in total. The molecule has 0 aliphatic carbocycles. The van der Waals surface area contributed by atoms with Crippen LogP contribution in [0.5, 0.6) is 5.75 Å². The molecule has 0 atom stereocenters. The minimum Gasteiger partial charge on any atom is -0.504 e. The molecule has 1 amide bonds. The van der Waals surface area contributed by atoms with Crippen LogP contribution in [0.4, 0.5) is 10.2 Å². The van der Waals surface area contributed by atoms with Crippen molar-refractivity contribution >= 4 is 22.6 Å². The van der Waals surface area contributed by atoms with Gasteiger partial charge in [-0.05, 0) is 29.8 Å². The normalized spacial score (nSPS) is 11.0. The van der Waals surface area contributed by atoms with Gasteiger partial charge >= 0.3 is 0 Å². The minimum atomic E-state index is -0.333. The van der Waals surface area contributed by atoms with Crippen molar-refractivity contribution in [2.45, 2.75) is 13.3 Å². The second-order valence-corrected chi connectivity index (χ2v) is 6.41. The minimum absolute atomic E-state index is 0.00892. The summed E-state index contributed by atoms with van der Waals surface area (Å²) in [5.41, 5.74) is 1.08. The summed E-state index contributed by atoms with van der Waals surface area (Å²) in [6.45, 7) is 1.41. The highest BCUT2D eigenvalue weighted by Crippen LogP contribution is 2.37. The highest BCUT2D eigenvalue weighted by Gasteiger charge is 2.23. The van der Waals surface area contributed by atoms with E-state index >= 15 is 0 Å². The van der Waals surface area contributed by atoms with Gasteiger partial charge < -0.3 is 9.52 Å². The van der Waals surface area contributed by atoms with E-state index in [2.05, 4.69) is 20.2 Å². The number of amides is 1. The fourth-order valence-electron chi connectivity index (χ4n) is 2.86. The summed E-state index contributed by atoms with van der Waals surface area (Å²) in [5.74, 6) is -0.215. The van der Waals surface area contributed by atoms with Crippen molar-refractivity contribution < 1.29 is 18.7 Å². The first-order valence-electron chi connectivity index (χ1n) is 8.73. The molecule has 0 fully saturated rings. The van der Waals surface area contributed by atoms with Gasteiger partial charge in [-0.15, -0.1) is 10.2 Å². The summed E-state index contributed by atoms with van der Waals surface area (Å²) in [6.07, 6.45) is 1.82. The Morgan fingerprint density at radius 1 is 1.21 bits per heavy atom. The van der Waals surface area contributed by atoms with Crippen molar-refractivity contribution in [3.8, 4) is 17.3 Å². The summed E-state index contributed by atoms with van der Waals surface area (Å²) < 4.78 is 18.7. The Hall–Kier alpha value is -3.88. The first-order chi connectivity index (χ1) is 13.9. The molecular formula is C20H16FN5O3. The highest BCUT2D eigenvalue weighted by molar-refractivity contribution is 6.03. The molecule has 1 N–H and O–H groups in total. The number of fused-ring (bicyclic) bond motifs is 1. The smallest absolute Gasteiger partial charge is 0.270 e. The van der Waals surface area contributed by atoms with Crippen LogP contribution in [-0.4, -0.2) is 38.2 Å². The van der Waals surface area contributed by atoms with Crippen LogP contribution in [0, 0.1) is 5.82 Å². The number of anilines is 1. The quantitative estimate of drug-likeness (QED) is 0.568. The van der Waals surface area contributed by atoms with E-state index in [-0.39, 0.29) is 40.5 Å². The molecule has 0 unspecified atom stereocenters. The second-order valence-electron chi connectivity index (χ2n) is 6.41. The number of aromatic hydroxyl groups is 1. The molecular weight excluding hydrogens is 377 g/mol. The van der Waals surface area contributed by atoms with E-state index in [1.165, 1.54) is 30.2 Å². The standard InChI is InChI=1S/C20H16FN5O3/c1-11(27)26(2)19-14-4-3-9-22-16(14)18(28)17(23-19)20-25-24-15(29-20)10-12-5-7-13(21)8-6-12/h3-9,28H,10H2,1-2H3. The maximum Gasteiger partial charge on any atom is 0.270 e. The Morgan fingerprint density at radius 3 is 2.69 bits per heavy atom. The van der Waals surface area contributed by atoms with Crippen LogP contribution in [0.15, 0.2) is 47.0 Å². The van der Waals surface area contributed by atoms with E-state index in [0.717, 1.165) is 5.56 Å². The Morgan fingerprint density at radius 2 is 1.97 bits per heavy atom. The number of pyridine rings is 2. The number of carbonyl (C=O) groups is 1. The molecule has 9 heteroatoms. The fraction of sp³-hybridized carbons (Fsp3) is 0.150. The van der Waals surface area contributed by atoms with Crippen molar-refractivity contribution in [3.63, 3.8) is 0 Å². The number of nitrogens with zero attached hydrogens (tertiary/aromatic N) is 5. The number of benzene rings is 1. The number of rotatable bonds is 4. The van der Waals surface area contributed by atoms with Crippen LogP contribution in [0.3, 0.4) is 0 Å². The van der Waals surface area contributed by atoms with Gasteiger partial charge in [0.05, 0.1) is 6.42 Å². The van der Waals surface area contributed by atoms with Gasteiger partial charge in [-0.1, -0.05) is 12.1 Å². The maximum absolute atomic E-state index is 13.1. The molecule has 146 valence electrons. The number of hydrogen-bond acceptors (Lipinski definition) is 7. The molecule has 0 radical (unpaired) electrons. The molecule has 0 bridgehead atoms. The monoisotopic (exact) mass is 393 g/mol. The van der Waals surface area contributed by atoms with E-state index in [9.17, 15) is 14.3 Å². The summed E-state index contributed by atoms with van der Waals surface area (Å²) in [6, 6.07) is 9.33. The third-order valence-electron chi connectivity index (χ3n) is 4.44. The molecule has 29 heavy (non-hydrogen) atoms. The summed E-state index contributed by atoms with van der Waals surface area (Å²) in [5, 5.41) is 19.1. The SMILES string of the molecule is CC(=O)N(C)c1nc(-c2nnc(Cc3ccc(F)cc3)o2)c(O)c2ncccc12. The number of hydrogen-bond donors (Lipinski definition) is 1. The van der Waals surface area contributed by atoms with Gasteiger partial charge in [0.15, 0.2) is 11.4 Å². The Balaban J connectivity index is 1.78. The van der Waals surface area contributed by atoms with Crippen LogP contribution < -0.4 is 4.90 Å².